The van der Waals surface area contributed by atoms with Crippen molar-refractivity contribution in [2.75, 3.05) is 0 Å². The normalized spacial score (nSPS) is 26.8. The van der Waals surface area contributed by atoms with E-state index in [9.17, 15) is 4.79 Å². The van der Waals surface area contributed by atoms with Gasteiger partial charge in [-0.05, 0) is 25.2 Å². The third-order valence-corrected chi connectivity index (χ3v) is 2.85. The molecular formula is C10H12O. The Bertz CT molecular complexity index is 238. The third-order valence-electron chi connectivity index (χ3n) is 2.85. The van der Waals surface area contributed by atoms with E-state index in [0.29, 0.717) is 17.1 Å². The number of hydrogen-bond acceptors (Lipinski definition) is 1. The summed E-state index contributed by atoms with van der Waals surface area (Å²) in [6.07, 6.45) is 4.04. The van der Waals surface area contributed by atoms with Crippen LogP contribution in [0.2, 0.25) is 0 Å². The number of hydrogen-bond donors (Lipinski definition) is 0. The number of rotatable bonds is 0. The van der Waals surface area contributed by atoms with Crippen LogP contribution in [0.3, 0.4) is 0 Å². The lowest BCUT2D eigenvalue weighted by molar-refractivity contribution is -0.140. The van der Waals surface area contributed by atoms with Crippen LogP contribution in [0, 0.1) is 23.2 Å². The van der Waals surface area contributed by atoms with Crippen molar-refractivity contribution in [3.63, 3.8) is 0 Å². The van der Waals surface area contributed by atoms with Gasteiger partial charge in [0.2, 0.25) is 0 Å². The third kappa shape index (κ3) is 0.976. The van der Waals surface area contributed by atoms with Crippen molar-refractivity contribution in [2.24, 2.45) is 11.3 Å². The monoisotopic (exact) mass is 148 g/mol. The zero-order valence-electron chi connectivity index (χ0n) is 6.81. The lowest BCUT2D eigenvalue weighted by Crippen LogP contribution is -2.47. The van der Waals surface area contributed by atoms with Crippen LogP contribution in [-0.4, -0.2) is 5.78 Å². The molecule has 0 radical (unpaired) electrons. The topological polar surface area (TPSA) is 17.1 Å². The Kier molecular flexibility index (Phi) is 1.32. The lowest BCUT2D eigenvalue weighted by Gasteiger charge is -2.51. The van der Waals surface area contributed by atoms with E-state index in [2.05, 4.69) is 11.8 Å². The highest BCUT2D eigenvalue weighted by molar-refractivity contribution is 5.86. The van der Waals surface area contributed by atoms with E-state index in [1.54, 1.807) is 0 Å². The average molecular weight is 148 g/mol. The summed E-state index contributed by atoms with van der Waals surface area (Å²) in [4.78, 5) is 10.7. The van der Waals surface area contributed by atoms with Gasteiger partial charge in [-0.15, -0.1) is 11.8 Å². The number of carbonyl (C=O) groups excluding carboxylic acids is 1. The molecule has 0 heterocycles. The lowest BCUT2D eigenvalue weighted by atomic mass is 9.51. The van der Waals surface area contributed by atoms with Gasteiger partial charge in [-0.3, -0.25) is 4.79 Å². The van der Waals surface area contributed by atoms with Crippen LogP contribution in [0.1, 0.15) is 32.6 Å². The summed E-state index contributed by atoms with van der Waals surface area (Å²) in [5, 5.41) is 0. The van der Waals surface area contributed by atoms with Gasteiger partial charge in [0.1, 0.15) is 5.78 Å². The fourth-order valence-corrected chi connectivity index (χ4v) is 2.37. The molecule has 2 rings (SSSR count). The van der Waals surface area contributed by atoms with Gasteiger partial charge in [0.15, 0.2) is 0 Å². The summed E-state index contributed by atoms with van der Waals surface area (Å²) in [5.74, 6) is 7.15. The fourth-order valence-electron chi connectivity index (χ4n) is 2.37. The van der Waals surface area contributed by atoms with Crippen molar-refractivity contribution >= 4 is 5.78 Å². The predicted octanol–water partition coefficient (Wildman–Crippen LogP) is 1.77. The molecule has 0 N–H and O–H groups in total. The van der Waals surface area contributed by atoms with Gasteiger partial charge in [0.25, 0.3) is 0 Å². The molecule has 0 aliphatic heterocycles. The van der Waals surface area contributed by atoms with Gasteiger partial charge < -0.3 is 0 Å². The molecule has 2 saturated carbocycles. The van der Waals surface area contributed by atoms with Gasteiger partial charge in [-0.1, -0.05) is 0 Å². The van der Waals surface area contributed by atoms with Gasteiger partial charge in [0.05, 0.1) is 0 Å². The quantitative estimate of drug-likeness (QED) is 0.478. The Hall–Kier alpha value is -0.770. The molecule has 1 spiro atoms. The first kappa shape index (κ1) is 6.91. The molecule has 58 valence electrons. The van der Waals surface area contributed by atoms with E-state index in [4.69, 9.17) is 0 Å². The maximum atomic E-state index is 10.7. The first-order valence-corrected chi connectivity index (χ1v) is 4.18. The summed E-state index contributed by atoms with van der Waals surface area (Å²) < 4.78 is 0. The van der Waals surface area contributed by atoms with Crippen LogP contribution in [0.4, 0.5) is 0 Å². The van der Waals surface area contributed by atoms with E-state index >= 15 is 0 Å². The average Bonchev–Trinajstić information content (AvgIpc) is 1.80. The molecule has 0 amide bonds. The minimum atomic E-state index is 0.436. The molecule has 0 aromatic carbocycles. The second kappa shape index (κ2) is 2.11. The Balaban J connectivity index is 1.87. The van der Waals surface area contributed by atoms with E-state index in [1.807, 2.05) is 6.92 Å². The number of Topliss-reactive ketones (excluding diaryl/α,β-unsaturated/α-hetero) is 1. The SMILES string of the molecule is CC#CC1CC2(CC(=O)C2)C1. The molecule has 0 aromatic heterocycles. The van der Waals surface area contributed by atoms with Crippen molar-refractivity contribution in [3.05, 3.63) is 0 Å². The Labute approximate surface area is 67.2 Å². The zero-order chi connectivity index (χ0) is 7.90. The second-order valence-corrected chi connectivity index (χ2v) is 3.89. The predicted molar refractivity (Wildman–Crippen MR) is 42.8 cm³/mol. The molecule has 0 atom stereocenters. The van der Waals surface area contributed by atoms with Crippen LogP contribution >= 0.6 is 0 Å². The molecule has 0 unspecified atom stereocenters. The summed E-state index contributed by atoms with van der Waals surface area (Å²) in [5.41, 5.74) is 0.436. The van der Waals surface area contributed by atoms with Gasteiger partial charge in [-0.25, -0.2) is 0 Å². The summed E-state index contributed by atoms with van der Waals surface area (Å²) in [7, 11) is 0. The van der Waals surface area contributed by atoms with Crippen LogP contribution < -0.4 is 0 Å². The van der Waals surface area contributed by atoms with E-state index in [-0.39, 0.29) is 0 Å². The molecule has 2 aliphatic rings. The Morgan fingerprint density at radius 1 is 1.45 bits per heavy atom. The summed E-state index contributed by atoms with van der Waals surface area (Å²) >= 11 is 0. The molecule has 2 fully saturated rings. The standard InChI is InChI=1S/C10H12O/c1-2-3-8-4-10(5-8)6-9(11)7-10/h8H,4-7H2,1H3. The molecule has 0 aromatic rings. The maximum absolute atomic E-state index is 10.7. The maximum Gasteiger partial charge on any atom is 0.134 e. The minimum Gasteiger partial charge on any atom is -0.300 e. The fraction of sp³-hybridized carbons (Fsp3) is 0.700. The second-order valence-electron chi connectivity index (χ2n) is 3.89. The van der Waals surface area contributed by atoms with Crippen LogP contribution in [0.25, 0.3) is 0 Å². The van der Waals surface area contributed by atoms with Crippen LogP contribution in [0.15, 0.2) is 0 Å². The van der Waals surface area contributed by atoms with E-state index in [0.717, 1.165) is 12.8 Å². The highest BCUT2D eigenvalue weighted by atomic mass is 16.1. The molecular weight excluding hydrogens is 136 g/mol. The largest absolute Gasteiger partial charge is 0.300 e. The van der Waals surface area contributed by atoms with E-state index in [1.165, 1.54) is 12.8 Å². The Morgan fingerprint density at radius 3 is 2.55 bits per heavy atom. The van der Waals surface area contributed by atoms with Crippen LogP contribution in [-0.2, 0) is 4.79 Å². The molecule has 11 heavy (non-hydrogen) atoms. The number of carbonyl (C=O) groups is 1. The molecule has 2 aliphatic carbocycles. The van der Waals surface area contributed by atoms with Crippen molar-refractivity contribution in [2.45, 2.75) is 32.6 Å². The van der Waals surface area contributed by atoms with Crippen molar-refractivity contribution in [1.82, 2.24) is 0 Å². The Morgan fingerprint density at radius 2 is 2.09 bits per heavy atom. The highest BCUT2D eigenvalue weighted by Gasteiger charge is 2.51. The summed E-state index contributed by atoms with van der Waals surface area (Å²) in [6, 6.07) is 0. The zero-order valence-corrected chi connectivity index (χ0v) is 6.81. The van der Waals surface area contributed by atoms with Gasteiger partial charge in [0, 0.05) is 18.8 Å². The smallest absolute Gasteiger partial charge is 0.134 e. The first-order valence-electron chi connectivity index (χ1n) is 4.18. The first-order chi connectivity index (χ1) is 5.24. The van der Waals surface area contributed by atoms with E-state index < -0.39 is 0 Å². The molecule has 0 saturated heterocycles. The van der Waals surface area contributed by atoms with Crippen molar-refractivity contribution in [1.29, 1.82) is 0 Å². The van der Waals surface area contributed by atoms with Crippen LogP contribution in [0.5, 0.6) is 0 Å². The summed E-state index contributed by atoms with van der Waals surface area (Å²) in [6.45, 7) is 1.89. The van der Waals surface area contributed by atoms with Gasteiger partial charge in [-0.2, -0.15) is 0 Å². The molecule has 1 heteroatoms. The molecule has 1 nitrogen and oxygen atoms in total. The highest BCUT2D eigenvalue weighted by Crippen LogP contribution is 2.56. The number of ketones is 1. The van der Waals surface area contributed by atoms with Crippen molar-refractivity contribution < 1.29 is 4.79 Å². The molecule has 0 bridgehead atoms. The van der Waals surface area contributed by atoms with Gasteiger partial charge >= 0.3 is 0 Å². The van der Waals surface area contributed by atoms with Crippen molar-refractivity contribution in [3.8, 4) is 11.8 Å². The minimum absolute atomic E-state index is 0.436.